The molecule has 1 aromatic carbocycles. The zero-order valence-corrected chi connectivity index (χ0v) is 11.3. The van der Waals surface area contributed by atoms with E-state index in [1.165, 1.54) is 0 Å². The summed E-state index contributed by atoms with van der Waals surface area (Å²) in [7, 11) is 0. The summed E-state index contributed by atoms with van der Waals surface area (Å²) in [5.74, 6) is -0.480. The average molecular weight is 262 g/mol. The van der Waals surface area contributed by atoms with E-state index in [2.05, 4.69) is 4.98 Å². The second-order valence-corrected chi connectivity index (χ2v) is 5.45. The maximum absolute atomic E-state index is 12.0. The fourth-order valence-corrected chi connectivity index (χ4v) is 1.85. The first kappa shape index (κ1) is 13.4. The second kappa shape index (κ2) is 4.59. The Morgan fingerprint density at radius 2 is 2.11 bits per heavy atom. The molecule has 5 heteroatoms. The van der Waals surface area contributed by atoms with Crippen LogP contribution in [0.3, 0.4) is 0 Å². The van der Waals surface area contributed by atoms with E-state index in [4.69, 9.17) is 15.6 Å². The molecule has 1 aromatic heterocycles. The fraction of sp³-hybridized carbons (Fsp3) is 0.357. The molecule has 0 fully saturated rings. The Labute approximate surface area is 111 Å². The first-order valence-corrected chi connectivity index (χ1v) is 6.06. The first-order valence-electron chi connectivity index (χ1n) is 6.06. The highest BCUT2D eigenvalue weighted by Gasteiger charge is 2.22. The van der Waals surface area contributed by atoms with Crippen LogP contribution in [-0.2, 0) is 11.3 Å². The van der Waals surface area contributed by atoms with Crippen molar-refractivity contribution in [3.8, 4) is 0 Å². The molecule has 0 aliphatic carbocycles. The molecule has 0 saturated carbocycles. The van der Waals surface area contributed by atoms with Crippen LogP contribution in [0.25, 0.3) is 10.9 Å². The summed E-state index contributed by atoms with van der Waals surface area (Å²) in [5, 5.41) is 9.83. The summed E-state index contributed by atoms with van der Waals surface area (Å²) in [6.45, 7) is 5.33. The molecule has 19 heavy (non-hydrogen) atoms. The molecule has 5 nitrogen and oxygen atoms in total. The summed E-state index contributed by atoms with van der Waals surface area (Å²) in [5.41, 5.74) is 7.48. The van der Waals surface area contributed by atoms with Crippen molar-refractivity contribution < 1.29 is 14.6 Å². The molecule has 0 aliphatic heterocycles. The molecule has 2 aromatic rings. The topological polar surface area (TPSA) is 88.3 Å². The number of carbonyl (C=O) groups is 1. The lowest BCUT2D eigenvalue weighted by atomic mass is 10.1. The van der Waals surface area contributed by atoms with Crippen LogP contribution in [0.15, 0.2) is 18.2 Å². The molecule has 0 amide bonds. The smallest absolute Gasteiger partial charge is 0.357 e. The number of carbonyl (C=O) groups excluding carboxylic acids is 1. The maximum atomic E-state index is 12.0. The summed E-state index contributed by atoms with van der Waals surface area (Å²) < 4.78 is 5.29. The molecule has 4 N–H and O–H groups in total. The number of nitrogen functional groups attached to an aromatic ring is 1. The number of hydrogen-bond acceptors (Lipinski definition) is 4. The number of aliphatic hydroxyl groups is 1. The first-order chi connectivity index (χ1) is 8.81. The lowest BCUT2D eigenvalue weighted by Crippen LogP contribution is -2.24. The number of benzene rings is 1. The third kappa shape index (κ3) is 2.71. The van der Waals surface area contributed by atoms with Gasteiger partial charge in [-0.25, -0.2) is 4.79 Å². The normalized spacial score (nSPS) is 11.8. The Bertz CT molecular complexity index is 623. The average Bonchev–Trinajstić information content (AvgIpc) is 2.64. The Balaban J connectivity index is 2.45. The Morgan fingerprint density at radius 1 is 1.42 bits per heavy atom. The molecule has 1 heterocycles. The van der Waals surface area contributed by atoms with E-state index in [-0.39, 0.29) is 12.3 Å². The molecular weight excluding hydrogens is 244 g/mol. The summed E-state index contributed by atoms with van der Waals surface area (Å²) >= 11 is 0. The highest BCUT2D eigenvalue weighted by Crippen LogP contribution is 2.27. The van der Waals surface area contributed by atoms with Crippen LogP contribution in [0, 0.1) is 0 Å². The number of rotatable bonds is 2. The van der Waals surface area contributed by atoms with Crippen molar-refractivity contribution in [3.05, 3.63) is 29.5 Å². The number of esters is 1. The number of hydrogen-bond donors (Lipinski definition) is 3. The van der Waals surface area contributed by atoms with E-state index in [0.717, 1.165) is 11.1 Å². The van der Waals surface area contributed by atoms with Crippen LogP contribution in [-0.4, -0.2) is 21.7 Å². The van der Waals surface area contributed by atoms with Gasteiger partial charge in [-0.1, -0.05) is 6.07 Å². The van der Waals surface area contributed by atoms with Gasteiger partial charge < -0.3 is 20.6 Å². The van der Waals surface area contributed by atoms with Gasteiger partial charge >= 0.3 is 5.97 Å². The SMILES string of the molecule is CC(C)(C)OC(=O)c1[nH]c2ccc(CO)cc2c1N. The predicted molar refractivity (Wildman–Crippen MR) is 73.8 cm³/mol. The number of ether oxygens (including phenoxy) is 1. The van der Waals surface area contributed by atoms with Crippen molar-refractivity contribution in [3.63, 3.8) is 0 Å². The van der Waals surface area contributed by atoms with Crippen LogP contribution in [0.5, 0.6) is 0 Å². The monoisotopic (exact) mass is 262 g/mol. The highest BCUT2D eigenvalue weighted by molar-refractivity contribution is 6.05. The lowest BCUT2D eigenvalue weighted by molar-refractivity contribution is 0.00652. The third-order valence-electron chi connectivity index (χ3n) is 2.69. The van der Waals surface area contributed by atoms with Gasteiger partial charge in [0.15, 0.2) is 0 Å². The fourth-order valence-electron chi connectivity index (χ4n) is 1.85. The van der Waals surface area contributed by atoms with Crippen LogP contribution >= 0.6 is 0 Å². The molecular formula is C14H18N2O3. The molecule has 0 saturated heterocycles. The number of anilines is 1. The van der Waals surface area contributed by atoms with Crippen LogP contribution in [0.4, 0.5) is 5.69 Å². The molecule has 0 unspecified atom stereocenters. The van der Waals surface area contributed by atoms with Gasteiger partial charge in [0.2, 0.25) is 0 Å². The van der Waals surface area contributed by atoms with E-state index in [1.54, 1.807) is 39.0 Å². The minimum Gasteiger partial charge on any atom is -0.455 e. The quantitative estimate of drug-likeness (QED) is 0.724. The largest absolute Gasteiger partial charge is 0.455 e. The van der Waals surface area contributed by atoms with E-state index in [9.17, 15) is 4.79 Å². The second-order valence-electron chi connectivity index (χ2n) is 5.45. The maximum Gasteiger partial charge on any atom is 0.357 e. The number of aliphatic hydroxyl groups excluding tert-OH is 1. The van der Waals surface area contributed by atoms with Gasteiger partial charge in [0.1, 0.15) is 11.3 Å². The van der Waals surface area contributed by atoms with E-state index >= 15 is 0 Å². The van der Waals surface area contributed by atoms with Crippen molar-refractivity contribution >= 4 is 22.6 Å². The highest BCUT2D eigenvalue weighted by atomic mass is 16.6. The minimum absolute atomic E-state index is 0.0671. The molecule has 0 aliphatic rings. The van der Waals surface area contributed by atoms with E-state index in [1.807, 2.05) is 0 Å². The number of aromatic nitrogens is 1. The molecule has 0 spiro atoms. The number of fused-ring (bicyclic) bond motifs is 1. The van der Waals surface area contributed by atoms with Crippen LogP contribution in [0.2, 0.25) is 0 Å². The van der Waals surface area contributed by atoms with Gasteiger partial charge in [0.25, 0.3) is 0 Å². The van der Waals surface area contributed by atoms with Gasteiger partial charge in [0.05, 0.1) is 12.3 Å². The van der Waals surface area contributed by atoms with Gasteiger partial charge in [-0.3, -0.25) is 0 Å². The van der Waals surface area contributed by atoms with Crippen LogP contribution in [0.1, 0.15) is 36.8 Å². The minimum atomic E-state index is -0.572. The van der Waals surface area contributed by atoms with Crippen molar-refractivity contribution in [2.45, 2.75) is 33.0 Å². The lowest BCUT2D eigenvalue weighted by Gasteiger charge is -2.19. The zero-order valence-electron chi connectivity index (χ0n) is 11.3. The molecule has 0 bridgehead atoms. The summed E-state index contributed by atoms with van der Waals surface area (Å²) in [4.78, 5) is 15.0. The zero-order chi connectivity index (χ0) is 14.2. The van der Waals surface area contributed by atoms with Crippen LogP contribution < -0.4 is 5.73 Å². The Morgan fingerprint density at radius 3 is 2.68 bits per heavy atom. The van der Waals surface area contributed by atoms with Crippen molar-refractivity contribution in [2.75, 3.05) is 5.73 Å². The number of aromatic amines is 1. The van der Waals surface area contributed by atoms with Crippen molar-refractivity contribution in [1.82, 2.24) is 4.98 Å². The van der Waals surface area contributed by atoms with Crippen molar-refractivity contribution in [2.24, 2.45) is 0 Å². The van der Waals surface area contributed by atoms with Gasteiger partial charge in [-0.05, 0) is 38.5 Å². The Kier molecular flexibility index (Phi) is 3.24. The predicted octanol–water partition coefficient (Wildman–Crippen LogP) is 2.20. The van der Waals surface area contributed by atoms with Crippen molar-refractivity contribution in [1.29, 1.82) is 0 Å². The molecule has 2 rings (SSSR count). The third-order valence-corrected chi connectivity index (χ3v) is 2.69. The standard InChI is InChI=1S/C14H18N2O3/c1-14(2,3)19-13(18)12-11(15)9-6-8(7-17)4-5-10(9)16-12/h4-6,16-17H,7,15H2,1-3H3. The Hall–Kier alpha value is -2.01. The van der Waals surface area contributed by atoms with E-state index in [0.29, 0.717) is 11.1 Å². The number of nitrogens with two attached hydrogens (primary N) is 1. The summed E-state index contributed by atoms with van der Waals surface area (Å²) in [6, 6.07) is 5.32. The summed E-state index contributed by atoms with van der Waals surface area (Å²) in [6.07, 6.45) is 0. The number of H-pyrrole nitrogens is 1. The van der Waals surface area contributed by atoms with Gasteiger partial charge in [0, 0.05) is 10.9 Å². The van der Waals surface area contributed by atoms with Gasteiger partial charge in [-0.15, -0.1) is 0 Å². The van der Waals surface area contributed by atoms with E-state index < -0.39 is 11.6 Å². The molecule has 0 atom stereocenters. The number of nitrogens with one attached hydrogen (secondary N) is 1. The molecule has 102 valence electrons. The molecule has 0 radical (unpaired) electrons. The van der Waals surface area contributed by atoms with Gasteiger partial charge in [-0.2, -0.15) is 0 Å².